The van der Waals surface area contributed by atoms with Crippen LogP contribution >= 0.6 is 0 Å². The smallest absolute Gasteiger partial charge is 0.254 e. The van der Waals surface area contributed by atoms with E-state index in [9.17, 15) is 14.0 Å². The van der Waals surface area contributed by atoms with E-state index >= 15 is 0 Å². The van der Waals surface area contributed by atoms with Crippen LogP contribution in [-0.4, -0.2) is 53.9 Å². The van der Waals surface area contributed by atoms with Crippen molar-refractivity contribution in [3.05, 3.63) is 65.0 Å². The lowest BCUT2D eigenvalue weighted by atomic mass is 10.1. The Morgan fingerprint density at radius 1 is 0.967 bits per heavy atom. The number of amides is 2. The lowest BCUT2D eigenvalue weighted by Crippen LogP contribution is -2.39. The average molecular weight is 410 g/mol. The first-order valence-electron chi connectivity index (χ1n) is 10.6. The number of nitrogens with zero attached hydrogens (tertiary/aromatic N) is 2. The topological polar surface area (TPSA) is 49.9 Å². The molecule has 0 spiro atoms. The first-order valence-corrected chi connectivity index (χ1v) is 10.6. The average Bonchev–Trinajstić information content (AvgIpc) is 3.46. The first-order chi connectivity index (χ1) is 14.5. The lowest BCUT2D eigenvalue weighted by Gasteiger charge is -2.25. The van der Waals surface area contributed by atoms with Crippen molar-refractivity contribution in [3.8, 4) is 5.75 Å². The molecule has 2 amide bonds. The molecule has 2 aliphatic heterocycles. The fourth-order valence-corrected chi connectivity index (χ4v) is 4.16. The molecular weight excluding hydrogens is 383 g/mol. The van der Waals surface area contributed by atoms with Gasteiger partial charge in [0.2, 0.25) is 0 Å². The number of benzene rings is 2. The highest BCUT2D eigenvalue weighted by molar-refractivity contribution is 5.95. The number of likely N-dealkylation sites (tertiary alicyclic amines) is 2. The Bertz CT molecular complexity index is 923. The summed E-state index contributed by atoms with van der Waals surface area (Å²) < 4.78 is 19.8. The third-order valence-corrected chi connectivity index (χ3v) is 5.99. The van der Waals surface area contributed by atoms with Gasteiger partial charge in [-0.15, -0.1) is 0 Å². The highest BCUT2D eigenvalue weighted by atomic mass is 19.1. The van der Waals surface area contributed by atoms with Gasteiger partial charge >= 0.3 is 0 Å². The standard InChI is InChI=1S/C24H27FN2O3/c1-17-6-7-19(15-22(17)25)24(29)27-14-4-5-20(27)16-30-21-10-8-18(9-11-21)23(28)26-12-2-3-13-26/h6-11,15,20H,2-5,12-14,16H2,1H3. The van der Waals surface area contributed by atoms with Crippen molar-refractivity contribution in [2.75, 3.05) is 26.2 Å². The summed E-state index contributed by atoms with van der Waals surface area (Å²) in [6.45, 7) is 4.35. The Kier molecular flexibility index (Phi) is 6.02. The van der Waals surface area contributed by atoms with Crippen molar-refractivity contribution < 1.29 is 18.7 Å². The minimum atomic E-state index is -0.364. The van der Waals surface area contributed by atoms with Crippen molar-refractivity contribution in [1.82, 2.24) is 9.80 Å². The van der Waals surface area contributed by atoms with Crippen LogP contribution in [0.1, 0.15) is 52.0 Å². The molecule has 4 rings (SSSR count). The van der Waals surface area contributed by atoms with Crippen LogP contribution in [0.5, 0.6) is 5.75 Å². The van der Waals surface area contributed by atoms with Crippen LogP contribution in [0.2, 0.25) is 0 Å². The zero-order valence-corrected chi connectivity index (χ0v) is 17.3. The molecule has 0 radical (unpaired) electrons. The number of hydrogen-bond donors (Lipinski definition) is 0. The molecule has 1 unspecified atom stereocenters. The molecule has 2 aliphatic rings. The number of hydrogen-bond acceptors (Lipinski definition) is 3. The van der Waals surface area contributed by atoms with Crippen LogP contribution in [0.15, 0.2) is 42.5 Å². The van der Waals surface area contributed by atoms with E-state index < -0.39 is 0 Å². The Morgan fingerprint density at radius 3 is 2.37 bits per heavy atom. The van der Waals surface area contributed by atoms with Crippen molar-refractivity contribution in [2.45, 2.75) is 38.6 Å². The van der Waals surface area contributed by atoms with E-state index in [1.165, 1.54) is 6.07 Å². The molecule has 0 saturated carbocycles. The van der Waals surface area contributed by atoms with Crippen molar-refractivity contribution in [3.63, 3.8) is 0 Å². The Morgan fingerprint density at radius 2 is 1.67 bits per heavy atom. The highest BCUT2D eigenvalue weighted by Crippen LogP contribution is 2.23. The second-order valence-corrected chi connectivity index (χ2v) is 8.09. The lowest BCUT2D eigenvalue weighted by molar-refractivity contribution is 0.0690. The molecule has 1 atom stereocenters. The van der Waals surface area contributed by atoms with E-state index in [0.717, 1.165) is 38.8 Å². The molecule has 0 bridgehead atoms. The summed E-state index contributed by atoms with van der Waals surface area (Å²) in [6.07, 6.45) is 3.89. The van der Waals surface area contributed by atoms with Crippen LogP contribution in [0.3, 0.4) is 0 Å². The van der Waals surface area contributed by atoms with Crippen LogP contribution < -0.4 is 4.74 Å². The summed E-state index contributed by atoms with van der Waals surface area (Å²) >= 11 is 0. The number of carbonyl (C=O) groups excluding carboxylic acids is 2. The maximum atomic E-state index is 13.9. The molecule has 2 fully saturated rings. The normalized spacial score (nSPS) is 18.7. The largest absolute Gasteiger partial charge is 0.491 e. The molecule has 6 heteroatoms. The van der Waals surface area contributed by atoms with E-state index in [0.29, 0.717) is 35.6 Å². The van der Waals surface area contributed by atoms with Gasteiger partial charge < -0.3 is 14.5 Å². The zero-order chi connectivity index (χ0) is 21.1. The molecule has 2 aromatic carbocycles. The van der Waals surface area contributed by atoms with Gasteiger partial charge in [0.25, 0.3) is 11.8 Å². The highest BCUT2D eigenvalue weighted by Gasteiger charge is 2.30. The fraction of sp³-hybridized carbons (Fsp3) is 0.417. The second kappa shape index (κ2) is 8.86. The molecule has 0 aromatic heterocycles. The molecule has 0 N–H and O–H groups in total. The first kappa shape index (κ1) is 20.4. The van der Waals surface area contributed by atoms with E-state index in [2.05, 4.69) is 0 Å². The van der Waals surface area contributed by atoms with Crippen LogP contribution in [0, 0.1) is 12.7 Å². The summed E-state index contributed by atoms with van der Waals surface area (Å²) in [6, 6.07) is 11.8. The van der Waals surface area contributed by atoms with Gasteiger partial charge in [0.1, 0.15) is 18.2 Å². The van der Waals surface area contributed by atoms with Crippen LogP contribution in [-0.2, 0) is 0 Å². The molecule has 2 aromatic rings. The van der Waals surface area contributed by atoms with Gasteiger partial charge in [-0.05, 0) is 74.6 Å². The third-order valence-electron chi connectivity index (χ3n) is 5.99. The van der Waals surface area contributed by atoms with E-state index in [1.54, 1.807) is 48.2 Å². The molecule has 2 heterocycles. The van der Waals surface area contributed by atoms with Crippen molar-refractivity contribution >= 4 is 11.8 Å². The third kappa shape index (κ3) is 4.32. The predicted molar refractivity (Wildman–Crippen MR) is 112 cm³/mol. The predicted octanol–water partition coefficient (Wildman–Crippen LogP) is 4.05. The molecule has 5 nitrogen and oxygen atoms in total. The van der Waals surface area contributed by atoms with Gasteiger partial charge in [0.15, 0.2) is 0 Å². The van der Waals surface area contributed by atoms with Crippen molar-refractivity contribution in [1.29, 1.82) is 0 Å². The molecule has 158 valence electrons. The molecular formula is C24H27FN2O3. The van der Waals surface area contributed by atoms with Gasteiger partial charge in [-0.3, -0.25) is 9.59 Å². The SMILES string of the molecule is Cc1ccc(C(=O)N2CCCC2COc2ccc(C(=O)N3CCCC3)cc2)cc1F. The number of halogens is 1. The summed E-state index contributed by atoms with van der Waals surface area (Å²) in [7, 11) is 0. The quantitative estimate of drug-likeness (QED) is 0.747. The minimum absolute atomic E-state index is 0.0484. The summed E-state index contributed by atoms with van der Waals surface area (Å²) in [5, 5.41) is 0. The molecule has 2 saturated heterocycles. The van der Waals surface area contributed by atoms with Gasteiger partial charge in [-0.1, -0.05) is 6.07 Å². The number of ether oxygens (including phenoxy) is 1. The summed E-state index contributed by atoms with van der Waals surface area (Å²) in [5.74, 6) is 0.216. The summed E-state index contributed by atoms with van der Waals surface area (Å²) in [5.41, 5.74) is 1.57. The van der Waals surface area contributed by atoms with E-state index in [4.69, 9.17) is 4.74 Å². The number of aryl methyl sites for hydroxylation is 1. The Labute approximate surface area is 176 Å². The van der Waals surface area contributed by atoms with E-state index in [-0.39, 0.29) is 23.7 Å². The van der Waals surface area contributed by atoms with Gasteiger partial charge in [-0.2, -0.15) is 0 Å². The Hall–Kier alpha value is -2.89. The number of carbonyl (C=O) groups is 2. The Balaban J connectivity index is 1.36. The fourth-order valence-electron chi connectivity index (χ4n) is 4.16. The van der Waals surface area contributed by atoms with Gasteiger partial charge in [-0.25, -0.2) is 4.39 Å². The molecule has 0 aliphatic carbocycles. The molecule has 30 heavy (non-hydrogen) atoms. The minimum Gasteiger partial charge on any atom is -0.491 e. The number of rotatable bonds is 5. The van der Waals surface area contributed by atoms with Crippen LogP contribution in [0.4, 0.5) is 4.39 Å². The van der Waals surface area contributed by atoms with E-state index in [1.807, 2.05) is 4.90 Å². The van der Waals surface area contributed by atoms with Crippen LogP contribution in [0.25, 0.3) is 0 Å². The summed E-state index contributed by atoms with van der Waals surface area (Å²) in [4.78, 5) is 28.9. The monoisotopic (exact) mass is 410 g/mol. The van der Waals surface area contributed by atoms with Gasteiger partial charge in [0.05, 0.1) is 6.04 Å². The van der Waals surface area contributed by atoms with Crippen molar-refractivity contribution in [2.24, 2.45) is 0 Å². The maximum Gasteiger partial charge on any atom is 0.254 e. The van der Waals surface area contributed by atoms with Gasteiger partial charge in [0, 0.05) is 30.8 Å². The maximum absolute atomic E-state index is 13.9. The zero-order valence-electron chi connectivity index (χ0n) is 17.3. The second-order valence-electron chi connectivity index (χ2n) is 8.09.